The second-order valence-electron chi connectivity index (χ2n) is 4.56. The summed E-state index contributed by atoms with van der Waals surface area (Å²) in [6.07, 6.45) is 3.02. The first-order valence-corrected chi connectivity index (χ1v) is 6.72. The Morgan fingerprint density at radius 1 is 1.29 bits per heavy atom. The van der Waals surface area contributed by atoms with Crippen LogP contribution in [0.2, 0.25) is 5.02 Å². The van der Waals surface area contributed by atoms with Crippen LogP contribution in [0.25, 0.3) is 11.0 Å². The predicted octanol–water partition coefficient (Wildman–Crippen LogP) is 3.92. The van der Waals surface area contributed by atoms with E-state index in [1.165, 1.54) is 12.4 Å². The van der Waals surface area contributed by atoms with Crippen molar-refractivity contribution < 1.29 is 4.42 Å². The fourth-order valence-electron chi connectivity index (χ4n) is 2.05. The van der Waals surface area contributed by atoms with Gasteiger partial charge in [-0.2, -0.15) is 5.26 Å². The van der Waals surface area contributed by atoms with Crippen LogP contribution >= 0.6 is 11.6 Å². The van der Waals surface area contributed by atoms with Crippen LogP contribution in [0, 0.1) is 11.3 Å². The van der Waals surface area contributed by atoms with Crippen molar-refractivity contribution >= 4 is 28.4 Å². The van der Waals surface area contributed by atoms with Crippen LogP contribution in [0.4, 0.5) is 5.82 Å². The minimum Gasteiger partial charge on any atom is -0.459 e. The highest BCUT2D eigenvalue weighted by Crippen LogP contribution is 2.28. The third kappa shape index (κ3) is 2.67. The summed E-state index contributed by atoms with van der Waals surface area (Å²) < 4.78 is 5.78. The van der Waals surface area contributed by atoms with E-state index in [9.17, 15) is 0 Å². The zero-order valence-corrected chi connectivity index (χ0v) is 11.9. The second-order valence-corrected chi connectivity index (χ2v) is 5.00. The summed E-state index contributed by atoms with van der Waals surface area (Å²) in [6, 6.07) is 9.23. The quantitative estimate of drug-likeness (QED) is 0.793. The molecule has 1 N–H and O–H groups in total. The van der Waals surface area contributed by atoms with Gasteiger partial charge in [-0.05, 0) is 31.2 Å². The SMILES string of the molecule is CC(Nc1nccnc1C#N)c1cc2cc(Cl)ccc2o1. The van der Waals surface area contributed by atoms with Crippen LogP contribution in [0.5, 0.6) is 0 Å². The Balaban J connectivity index is 1.90. The Morgan fingerprint density at radius 3 is 2.90 bits per heavy atom. The average Bonchev–Trinajstić information content (AvgIpc) is 2.91. The fraction of sp³-hybridized carbons (Fsp3) is 0.133. The molecule has 1 unspecified atom stereocenters. The average molecular weight is 299 g/mol. The van der Waals surface area contributed by atoms with Gasteiger partial charge in [0.25, 0.3) is 0 Å². The number of rotatable bonds is 3. The lowest BCUT2D eigenvalue weighted by molar-refractivity contribution is 0.525. The monoisotopic (exact) mass is 298 g/mol. The second kappa shape index (κ2) is 5.43. The molecule has 0 aliphatic heterocycles. The summed E-state index contributed by atoms with van der Waals surface area (Å²) >= 11 is 5.97. The number of nitrogens with zero attached hydrogens (tertiary/aromatic N) is 3. The lowest BCUT2D eigenvalue weighted by Crippen LogP contribution is -2.09. The molecule has 3 aromatic rings. The lowest BCUT2D eigenvalue weighted by atomic mass is 10.2. The largest absolute Gasteiger partial charge is 0.459 e. The molecule has 2 heterocycles. The number of anilines is 1. The Kier molecular flexibility index (Phi) is 3.46. The number of nitriles is 1. The van der Waals surface area contributed by atoms with Gasteiger partial charge in [-0.1, -0.05) is 11.6 Å². The normalized spacial score (nSPS) is 12.0. The van der Waals surface area contributed by atoms with E-state index in [0.717, 1.165) is 16.7 Å². The molecule has 0 aliphatic carbocycles. The maximum absolute atomic E-state index is 9.02. The van der Waals surface area contributed by atoms with Crippen molar-refractivity contribution in [3.8, 4) is 6.07 Å². The maximum atomic E-state index is 9.02. The predicted molar refractivity (Wildman–Crippen MR) is 80.0 cm³/mol. The summed E-state index contributed by atoms with van der Waals surface area (Å²) in [5.74, 6) is 1.17. The van der Waals surface area contributed by atoms with Crippen molar-refractivity contribution in [3.63, 3.8) is 0 Å². The van der Waals surface area contributed by atoms with Crippen molar-refractivity contribution in [1.82, 2.24) is 9.97 Å². The van der Waals surface area contributed by atoms with Crippen LogP contribution in [-0.2, 0) is 0 Å². The van der Waals surface area contributed by atoms with Crippen LogP contribution in [0.15, 0.2) is 41.1 Å². The van der Waals surface area contributed by atoms with Gasteiger partial charge < -0.3 is 9.73 Å². The number of aromatic nitrogens is 2. The van der Waals surface area contributed by atoms with E-state index in [-0.39, 0.29) is 11.7 Å². The molecule has 1 atom stereocenters. The summed E-state index contributed by atoms with van der Waals surface area (Å²) in [4.78, 5) is 8.09. The minimum absolute atomic E-state index is 0.153. The number of benzene rings is 1. The molecule has 5 nitrogen and oxygen atoms in total. The van der Waals surface area contributed by atoms with Crippen molar-refractivity contribution in [1.29, 1.82) is 5.26 Å². The van der Waals surface area contributed by atoms with Gasteiger partial charge in [0.05, 0.1) is 6.04 Å². The fourth-order valence-corrected chi connectivity index (χ4v) is 2.23. The van der Waals surface area contributed by atoms with E-state index >= 15 is 0 Å². The van der Waals surface area contributed by atoms with Crippen LogP contribution in [0.1, 0.15) is 24.4 Å². The van der Waals surface area contributed by atoms with Crippen molar-refractivity contribution in [2.24, 2.45) is 0 Å². The summed E-state index contributed by atoms with van der Waals surface area (Å²) in [5.41, 5.74) is 1.02. The molecule has 6 heteroatoms. The first kappa shape index (κ1) is 13.4. The number of fused-ring (bicyclic) bond motifs is 1. The van der Waals surface area contributed by atoms with Crippen molar-refractivity contribution in [2.45, 2.75) is 13.0 Å². The number of furan rings is 1. The molecule has 0 saturated carbocycles. The highest BCUT2D eigenvalue weighted by atomic mass is 35.5. The molecule has 21 heavy (non-hydrogen) atoms. The van der Waals surface area contributed by atoms with Gasteiger partial charge in [-0.3, -0.25) is 0 Å². The number of hydrogen-bond donors (Lipinski definition) is 1. The Labute approximate surface area is 126 Å². The Morgan fingerprint density at radius 2 is 2.10 bits per heavy atom. The standard InChI is InChI=1S/C15H11ClN4O/c1-9(20-15-12(8-17)18-4-5-19-15)14-7-10-6-11(16)2-3-13(10)21-14/h2-7,9H,1H3,(H,19,20). The van der Waals surface area contributed by atoms with Crippen LogP contribution in [0.3, 0.4) is 0 Å². The zero-order chi connectivity index (χ0) is 14.8. The topological polar surface area (TPSA) is 74.7 Å². The smallest absolute Gasteiger partial charge is 0.182 e. The van der Waals surface area contributed by atoms with Gasteiger partial charge in [0.1, 0.15) is 17.4 Å². The van der Waals surface area contributed by atoms with E-state index in [4.69, 9.17) is 21.3 Å². The molecule has 0 saturated heterocycles. The van der Waals surface area contributed by atoms with Gasteiger partial charge >= 0.3 is 0 Å². The van der Waals surface area contributed by atoms with Gasteiger partial charge in [0, 0.05) is 22.8 Å². The van der Waals surface area contributed by atoms with E-state index < -0.39 is 0 Å². The highest BCUT2D eigenvalue weighted by molar-refractivity contribution is 6.31. The first-order valence-electron chi connectivity index (χ1n) is 6.34. The zero-order valence-electron chi connectivity index (χ0n) is 11.2. The summed E-state index contributed by atoms with van der Waals surface area (Å²) in [5, 5.41) is 13.7. The number of nitrogens with one attached hydrogen (secondary N) is 1. The van der Waals surface area contributed by atoms with Gasteiger partial charge in [-0.15, -0.1) is 0 Å². The highest BCUT2D eigenvalue weighted by Gasteiger charge is 2.14. The molecule has 2 aromatic heterocycles. The summed E-state index contributed by atoms with van der Waals surface area (Å²) in [7, 11) is 0. The van der Waals surface area contributed by atoms with Gasteiger partial charge in [-0.25, -0.2) is 9.97 Å². The Hall–Kier alpha value is -2.58. The Bertz CT molecular complexity index is 837. The third-order valence-corrected chi connectivity index (χ3v) is 3.32. The van der Waals surface area contributed by atoms with Gasteiger partial charge in [0.2, 0.25) is 0 Å². The van der Waals surface area contributed by atoms with E-state index in [1.807, 2.05) is 31.2 Å². The molecule has 1 aromatic carbocycles. The molecule has 0 radical (unpaired) electrons. The number of hydrogen-bond acceptors (Lipinski definition) is 5. The van der Waals surface area contributed by atoms with E-state index in [1.54, 1.807) is 6.07 Å². The van der Waals surface area contributed by atoms with E-state index in [2.05, 4.69) is 15.3 Å². The third-order valence-electron chi connectivity index (χ3n) is 3.08. The van der Waals surface area contributed by atoms with Crippen LogP contribution in [-0.4, -0.2) is 9.97 Å². The van der Waals surface area contributed by atoms with Crippen molar-refractivity contribution in [3.05, 3.63) is 53.1 Å². The molecular weight excluding hydrogens is 288 g/mol. The molecule has 3 rings (SSSR count). The molecule has 0 fully saturated rings. The van der Waals surface area contributed by atoms with E-state index in [0.29, 0.717) is 10.8 Å². The first-order chi connectivity index (χ1) is 10.2. The molecule has 0 amide bonds. The van der Waals surface area contributed by atoms with Gasteiger partial charge in [0.15, 0.2) is 11.5 Å². The van der Waals surface area contributed by atoms with Crippen LogP contribution < -0.4 is 5.32 Å². The maximum Gasteiger partial charge on any atom is 0.182 e. The molecule has 104 valence electrons. The number of halogens is 1. The minimum atomic E-state index is -0.153. The summed E-state index contributed by atoms with van der Waals surface area (Å²) in [6.45, 7) is 1.93. The molecule has 0 spiro atoms. The molecular formula is C15H11ClN4O. The molecule has 0 aliphatic rings. The molecule has 0 bridgehead atoms. The van der Waals surface area contributed by atoms with Crippen molar-refractivity contribution in [2.75, 3.05) is 5.32 Å². The lowest BCUT2D eigenvalue weighted by Gasteiger charge is -2.12.